The van der Waals surface area contributed by atoms with Gasteiger partial charge in [-0.25, -0.2) is 4.98 Å². The molecule has 0 bridgehead atoms. The van der Waals surface area contributed by atoms with Crippen molar-refractivity contribution in [3.05, 3.63) is 32.7 Å². The van der Waals surface area contributed by atoms with E-state index in [2.05, 4.69) is 21.8 Å². The maximum Gasteiger partial charge on any atom is 0.263 e. The third kappa shape index (κ3) is 4.58. The van der Waals surface area contributed by atoms with Gasteiger partial charge in [0.05, 0.1) is 16.3 Å². The molecule has 1 N–H and O–H groups in total. The molecule has 1 aliphatic rings. The Morgan fingerprint density at radius 2 is 2.48 bits per heavy atom. The van der Waals surface area contributed by atoms with Gasteiger partial charge in [0.25, 0.3) is 6.20 Å². The lowest BCUT2D eigenvalue weighted by atomic mass is 10.4. The van der Waals surface area contributed by atoms with Crippen LogP contribution in [-0.4, -0.2) is 38.8 Å². The number of thioether (sulfide) groups is 3. The Labute approximate surface area is 136 Å². The molecule has 1 aromatic heterocycles. The van der Waals surface area contributed by atoms with E-state index in [9.17, 15) is 10.1 Å². The van der Waals surface area contributed by atoms with E-state index in [1.807, 2.05) is 29.8 Å². The summed E-state index contributed by atoms with van der Waals surface area (Å²) in [5, 5.41) is 15.2. The van der Waals surface area contributed by atoms with Crippen molar-refractivity contribution in [2.45, 2.75) is 24.4 Å². The molecule has 0 spiro atoms. The number of fused-ring (bicyclic) bond motifs is 1. The number of hydrogen-bond donors (Lipinski definition) is 1. The smallest absolute Gasteiger partial charge is 0.263 e. The topological polar surface area (TPSA) is 73.0 Å². The van der Waals surface area contributed by atoms with Crippen molar-refractivity contribution in [1.29, 1.82) is 0 Å². The van der Waals surface area contributed by atoms with Crippen LogP contribution in [-0.2, 0) is 12.3 Å². The van der Waals surface area contributed by atoms with Gasteiger partial charge >= 0.3 is 0 Å². The molecule has 1 aliphatic heterocycles. The fourth-order valence-corrected chi connectivity index (χ4v) is 4.41. The molecule has 0 amide bonds. The Bertz CT molecular complexity index is 545. The van der Waals surface area contributed by atoms with Crippen LogP contribution < -0.4 is 5.32 Å². The molecule has 2 heterocycles. The van der Waals surface area contributed by atoms with Gasteiger partial charge in [0.1, 0.15) is 5.03 Å². The van der Waals surface area contributed by atoms with Gasteiger partial charge in [-0.3, -0.25) is 10.1 Å². The molecule has 1 aromatic rings. The summed E-state index contributed by atoms with van der Waals surface area (Å²) in [5.74, 6) is 2.96. The van der Waals surface area contributed by atoms with E-state index in [1.165, 1.54) is 17.5 Å². The minimum absolute atomic E-state index is 0.428. The lowest BCUT2D eigenvalue weighted by molar-refractivity contribution is -0.403. The third-order valence-electron chi connectivity index (χ3n) is 3.01. The maximum atomic E-state index is 10.4. The van der Waals surface area contributed by atoms with Crippen LogP contribution in [0.25, 0.3) is 0 Å². The number of aromatic nitrogens is 2. The first-order chi connectivity index (χ1) is 10.1. The lowest BCUT2D eigenvalue weighted by Gasteiger charge is -2.07. The first-order valence-corrected chi connectivity index (χ1v) is 9.88. The molecule has 0 atom stereocenters. The molecule has 0 fully saturated rings. The summed E-state index contributed by atoms with van der Waals surface area (Å²) in [4.78, 5) is 14.6. The Kier molecular flexibility index (Phi) is 6.31. The zero-order valence-electron chi connectivity index (χ0n) is 12.0. The van der Waals surface area contributed by atoms with Crippen molar-refractivity contribution >= 4 is 35.3 Å². The molecule has 6 nitrogen and oxygen atoms in total. The Morgan fingerprint density at radius 1 is 1.67 bits per heavy atom. The Morgan fingerprint density at radius 3 is 3.19 bits per heavy atom. The second-order valence-corrected chi connectivity index (χ2v) is 7.40. The Hall–Kier alpha value is -0.800. The lowest BCUT2D eigenvalue weighted by Crippen LogP contribution is -2.15. The van der Waals surface area contributed by atoms with Crippen LogP contribution >= 0.6 is 35.3 Å². The highest BCUT2D eigenvalue weighted by Gasteiger charge is 2.19. The van der Waals surface area contributed by atoms with Crippen LogP contribution in [0.3, 0.4) is 0 Å². The summed E-state index contributed by atoms with van der Waals surface area (Å²) in [6, 6.07) is 0. The van der Waals surface area contributed by atoms with E-state index in [0.717, 1.165) is 47.4 Å². The molecule has 0 unspecified atom stereocenters. The molecule has 0 aliphatic carbocycles. The van der Waals surface area contributed by atoms with Gasteiger partial charge in [-0.1, -0.05) is 11.8 Å². The molecule has 0 saturated carbocycles. The zero-order valence-corrected chi connectivity index (χ0v) is 14.4. The average molecular weight is 347 g/mol. The number of aryl methyl sites for hydroxylation is 1. The summed E-state index contributed by atoms with van der Waals surface area (Å²) >= 11 is 4.99. The van der Waals surface area contributed by atoms with E-state index in [1.54, 1.807) is 0 Å². The first kappa shape index (κ1) is 16.6. The van der Waals surface area contributed by atoms with E-state index in [-0.39, 0.29) is 0 Å². The first-order valence-electron chi connectivity index (χ1n) is 6.51. The van der Waals surface area contributed by atoms with Crippen LogP contribution in [0, 0.1) is 17.0 Å². The van der Waals surface area contributed by atoms with E-state index >= 15 is 0 Å². The van der Waals surface area contributed by atoms with Crippen LogP contribution in [0.2, 0.25) is 0 Å². The number of hydrogen-bond acceptors (Lipinski definition) is 7. The number of nitrogens with zero attached hydrogens (tertiary/aromatic N) is 3. The van der Waals surface area contributed by atoms with Crippen molar-refractivity contribution in [1.82, 2.24) is 14.9 Å². The maximum absolute atomic E-state index is 10.4. The minimum atomic E-state index is -0.428. The summed E-state index contributed by atoms with van der Waals surface area (Å²) in [6.45, 7) is 3.84. The largest absolute Gasteiger partial charge is 0.374 e. The molecule has 116 valence electrons. The van der Waals surface area contributed by atoms with E-state index in [4.69, 9.17) is 0 Å². The third-order valence-corrected chi connectivity index (χ3v) is 5.63. The van der Waals surface area contributed by atoms with E-state index < -0.39 is 4.92 Å². The van der Waals surface area contributed by atoms with Crippen molar-refractivity contribution in [3.63, 3.8) is 0 Å². The molecule has 9 heteroatoms. The van der Waals surface area contributed by atoms with Gasteiger partial charge in [0.2, 0.25) is 0 Å². The number of nitrogens with one attached hydrogen (secondary N) is 1. The standard InChI is InChI=1S/C12H18N4O2S3/c1-9-10(15-4-6-21-12(15)14-9)8-20-5-3-13-11(19-2)7-16(17)18/h7,13H,3-6,8H2,1-2H3/b11-7-. The van der Waals surface area contributed by atoms with Crippen LogP contribution in [0.4, 0.5) is 0 Å². The molecular weight excluding hydrogens is 328 g/mol. The van der Waals surface area contributed by atoms with Gasteiger partial charge in [-0.2, -0.15) is 11.8 Å². The molecular formula is C12H18N4O2S3. The van der Waals surface area contributed by atoms with Crippen molar-refractivity contribution in [3.8, 4) is 0 Å². The minimum Gasteiger partial charge on any atom is -0.374 e. The van der Waals surface area contributed by atoms with Gasteiger partial charge in [0, 0.05) is 30.3 Å². The highest BCUT2D eigenvalue weighted by atomic mass is 32.2. The second-order valence-electron chi connectivity index (χ2n) is 4.39. The fourth-order valence-electron chi connectivity index (χ4n) is 2.01. The van der Waals surface area contributed by atoms with Gasteiger partial charge in [0.15, 0.2) is 5.16 Å². The number of rotatable bonds is 8. The van der Waals surface area contributed by atoms with Crippen molar-refractivity contribution in [2.24, 2.45) is 0 Å². The highest BCUT2D eigenvalue weighted by Crippen LogP contribution is 2.29. The Balaban J connectivity index is 1.74. The van der Waals surface area contributed by atoms with Crippen LogP contribution in [0.1, 0.15) is 11.4 Å². The fraction of sp³-hybridized carbons (Fsp3) is 0.583. The normalized spacial score (nSPS) is 14.3. The number of imidazole rings is 1. The summed E-state index contributed by atoms with van der Waals surface area (Å²) < 4.78 is 2.31. The van der Waals surface area contributed by atoms with Gasteiger partial charge in [-0.05, 0) is 13.2 Å². The predicted octanol–water partition coefficient (Wildman–Crippen LogP) is 2.56. The monoisotopic (exact) mass is 346 g/mol. The predicted molar refractivity (Wildman–Crippen MR) is 90.4 cm³/mol. The number of nitro groups is 1. The van der Waals surface area contributed by atoms with Crippen LogP contribution in [0.5, 0.6) is 0 Å². The van der Waals surface area contributed by atoms with E-state index in [0.29, 0.717) is 5.03 Å². The highest BCUT2D eigenvalue weighted by molar-refractivity contribution is 8.02. The quantitative estimate of drug-likeness (QED) is 0.440. The molecule has 0 saturated heterocycles. The van der Waals surface area contributed by atoms with Crippen LogP contribution in [0.15, 0.2) is 16.4 Å². The average Bonchev–Trinajstić information content (AvgIpc) is 2.98. The molecule has 0 radical (unpaired) electrons. The van der Waals surface area contributed by atoms with Gasteiger partial charge in [-0.15, -0.1) is 11.8 Å². The molecule has 21 heavy (non-hydrogen) atoms. The summed E-state index contributed by atoms with van der Waals surface area (Å²) in [5.41, 5.74) is 2.43. The van der Waals surface area contributed by atoms with Crippen molar-refractivity contribution < 1.29 is 4.92 Å². The van der Waals surface area contributed by atoms with Gasteiger partial charge < -0.3 is 9.88 Å². The molecule has 0 aromatic carbocycles. The van der Waals surface area contributed by atoms with Crippen molar-refractivity contribution in [2.75, 3.05) is 24.3 Å². The SMILES string of the molecule is CS/C(=C\[N+](=O)[O-])NCCSCc1c(C)nc2n1CCS2. The second kappa shape index (κ2) is 8.00. The molecule has 2 rings (SSSR count). The summed E-state index contributed by atoms with van der Waals surface area (Å²) in [6.07, 6.45) is 2.84. The zero-order chi connectivity index (χ0) is 15.2. The summed E-state index contributed by atoms with van der Waals surface area (Å²) in [7, 11) is 0.